The van der Waals surface area contributed by atoms with Gasteiger partial charge in [-0.25, -0.2) is 4.99 Å². The monoisotopic (exact) mass is 444 g/mol. The molecule has 3 aromatic carbocycles. The fourth-order valence-electron chi connectivity index (χ4n) is 3.74. The lowest BCUT2D eigenvalue weighted by molar-refractivity contribution is 0.148. The Balaban J connectivity index is 1.35. The molecule has 0 atom stereocenters. The Labute approximate surface area is 195 Å². The first-order valence-electron chi connectivity index (χ1n) is 10.9. The van der Waals surface area contributed by atoms with Crippen LogP contribution in [0, 0.1) is 0 Å². The molecule has 4 rings (SSSR count). The standard InChI is InChI=1S/C27H29ClN4/c1-31-16-18-32(19-17-31)20-22-4-9-24(10-5-22)23-7-2-21(3-8-23)6-15-27(29)30-26-13-11-25(28)12-14-26/h2-15H,16-20H2,1H3,(H2,29,30). The van der Waals surface area contributed by atoms with Crippen LogP contribution in [0.2, 0.25) is 5.02 Å². The van der Waals surface area contributed by atoms with Gasteiger partial charge in [-0.2, -0.15) is 0 Å². The van der Waals surface area contributed by atoms with Crippen LogP contribution in [0.25, 0.3) is 17.2 Å². The molecule has 164 valence electrons. The summed E-state index contributed by atoms with van der Waals surface area (Å²) < 4.78 is 0. The molecule has 0 radical (unpaired) electrons. The quantitative estimate of drug-likeness (QED) is 0.405. The first-order chi connectivity index (χ1) is 15.5. The zero-order valence-corrected chi connectivity index (χ0v) is 19.2. The van der Waals surface area contributed by atoms with Gasteiger partial charge in [0.2, 0.25) is 0 Å². The van der Waals surface area contributed by atoms with Crippen LogP contribution in [0.15, 0.2) is 83.9 Å². The van der Waals surface area contributed by atoms with Gasteiger partial charge in [-0.05, 0) is 59.6 Å². The summed E-state index contributed by atoms with van der Waals surface area (Å²) in [7, 11) is 2.19. The molecule has 0 spiro atoms. The Morgan fingerprint density at radius 3 is 2.09 bits per heavy atom. The van der Waals surface area contributed by atoms with E-state index in [4.69, 9.17) is 17.3 Å². The summed E-state index contributed by atoms with van der Waals surface area (Å²) in [6.07, 6.45) is 3.79. The highest BCUT2D eigenvalue weighted by atomic mass is 35.5. The Kier molecular flexibility index (Phi) is 7.38. The number of hydrogen-bond acceptors (Lipinski definition) is 3. The van der Waals surface area contributed by atoms with Crippen LogP contribution in [0.4, 0.5) is 5.69 Å². The number of benzene rings is 3. The van der Waals surface area contributed by atoms with Crippen LogP contribution >= 0.6 is 11.6 Å². The van der Waals surface area contributed by atoms with Gasteiger partial charge in [-0.15, -0.1) is 0 Å². The van der Waals surface area contributed by atoms with Gasteiger partial charge in [-0.1, -0.05) is 66.2 Å². The van der Waals surface area contributed by atoms with Crippen LogP contribution in [-0.2, 0) is 6.54 Å². The molecule has 0 unspecified atom stereocenters. The Hall–Kier alpha value is -2.92. The van der Waals surface area contributed by atoms with Crippen LogP contribution in [-0.4, -0.2) is 48.9 Å². The number of nitrogens with two attached hydrogens (primary N) is 1. The summed E-state index contributed by atoms with van der Waals surface area (Å²) in [5.41, 5.74) is 11.7. The summed E-state index contributed by atoms with van der Waals surface area (Å²) in [5, 5.41) is 0.683. The molecule has 0 aliphatic carbocycles. The van der Waals surface area contributed by atoms with Gasteiger partial charge < -0.3 is 10.6 Å². The van der Waals surface area contributed by atoms with Crippen molar-refractivity contribution >= 4 is 29.2 Å². The van der Waals surface area contributed by atoms with Crippen molar-refractivity contribution in [2.24, 2.45) is 10.7 Å². The second kappa shape index (κ2) is 10.6. The van der Waals surface area contributed by atoms with E-state index in [1.807, 2.05) is 24.3 Å². The van der Waals surface area contributed by atoms with Crippen molar-refractivity contribution in [2.75, 3.05) is 33.2 Å². The summed E-state index contributed by atoms with van der Waals surface area (Å²) in [6.45, 7) is 5.61. The highest BCUT2D eigenvalue weighted by Crippen LogP contribution is 2.22. The lowest BCUT2D eigenvalue weighted by Gasteiger charge is -2.32. The minimum Gasteiger partial charge on any atom is -0.384 e. The van der Waals surface area contributed by atoms with Gasteiger partial charge in [0.25, 0.3) is 0 Å². The molecule has 1 heterocycles. The van der Waals surface area contributed by atoms with E-state index in [0.717, 1.165) is 44.0 Å². The lowest BCUT2D eigenvalue weighted by atomic mass is 10.0. The molecule has 32 heavy (non-hydrogen) atoms. The predicted molar refractivity (Wildman–Crippen MR) is 136 cm³/mol. The summed E-state index contributed by atoms with van der Waals surface area (Å²) in [5.74, 6) is 0.451. The third-order valence-electron chi connectivity index (χ3n) is 5.73. The molecule has 0 bridgehead atoms. The van der Waals surface area contributed by atoms with E-state index in [9.17, 15) is 0 Å². The van der Waals surface area contributed by atoms with Crippen LogP contribution < -0.4 is 5.73 Å². The van der Waals surface area contributed by atoms with Gasteiger partial charge in [0.1, 0.15) is 5.84 Å². The second-order valence-electron chi connectivity index (χ2n) is 8.24. The van der Waals surface area contributed by atoms with Crippen molar-refractivity contribution in [2.45, 2.75) is 6.54 Å². The summed E-state index contributed by atoms with van der Waals surface area (Å²) in [4.78, 5) is 9.29. The number of piperazine rings is 1. The number of likely N-dealkylation sites (N-methyl/N-ethyl adjacent to an activating group) is 1. The van der Waals surface area contributed by atoms with E-state index in [0.29, 0.717) is 10.9 Å². The van der Waals surface area contributed by atoms with Crippen molar-refractivity contribution < 1.29 is 0 Å². The SMILES string of the molecule is CN1CCN(Cc2ccc(-c3ccc(C=CC(N)=Nc4ccc(Cl)cc4)cc3)cc2)CC1. The molecule has 0 saturated carbocycles. The topological polar surface area (TPSA) is 44.9 Å². The molecular formula is C27H29ClN4. The van der Waals surface area contributed by atoms with Gasteiger partial charge in [0.15, 0.2) is 0 Å². The van der Waals surface area contributed by atoms with E-state index in [1.54, 1.807) is 12.1 Å². The summed E-state index contributed by atoms with van der Waals surface area (Å²) >= 11 is 5.90. The van der Waals surface area contributed by atoms with Gasteiger partial charge in [0, 0.05) is 37.7 Å². The van der Waals surface area contributed by atoms with Crippen LogP contribution in [0.3, 0.4) is 0 Å². The smallest absolute Gasteiger partial charge is 0.124 e. The molecule has 3 aromatic rings. The molecule has 4 nitrogen and oxygen atoms in total. The van der Waals surface area contributed by atoms with Crippen molar-refractivity contribution in [3.63, 3.8) is 0 Å². The third-order valence-corrected chi connectivity index (χ3v) is 5.98. The minimum absolute atomic E-state index is 0.451. The summed E-state index contributed by atoms with van der Waals surface area (Å²) in [6, 6.07) is 24.7. The molecule has 5 heteroatoms. The van der Waals surface area contributed by atoms with Crippen molar-refractivity contribution in [3.8, 4) is 11.1 Å². The first-order valence-corrected chi connectivity index (χ1v) is 11.3. The average molecular weight is 445 g/mol. The number of halogens is 1. The number of amidine groups is 1. The van der Waals surface area contributed by atoms with E-state index < -0.39 is 0 Å². The normalized spacial score (nSPS) is 16.0. The molecule has 1 fully saturated rings. The maximum atomic E-state index is 6.02. The molecule has 1 saturated heterocycles. The molecule has 0 aromatic heterocycles. The molecule has 1 aliphatic rings. The first kappa shape index (κ1) is 22.3. The third kappa shape index (κ3) is 6.30. The second-order valence-corrected chi connectivity index (χ2v) is 8.68. The number of rotatable bonds is 6. The fraction of sp³-hybridized carbons (Fsp3) is 0.222. The van der Waals surface area contributed by atoms with Crippen molar-refractivity contribution in [1.29, 1.82) is 0 Å². The molecular weight excluding hydrogens is 416 g/mol. The largest absolute Gasteiger partial charge is 0.384 e. The Bertz CT molecular complexity index is 1060. The Morgan fingerprint density at radius 1 is 0.875 bits per heavy atom. The van der Waals surface area contributed by atoms with Gasteiger partial charge in [-0.3, -0.25) is 4.90 Å². The molecule has 0 amide bonds. The fourth-order valence-corrected chi connectivity index (χ4v) is 3.86. The maximum Gasteiger partial charge on any atom is 0.124 e. The maximum absolute atomic E-state index is 6.02. The van der Waals surface area contributed by atoms with Crippen molar-refractivity contribution in [3.05, 3.63) is 95.0 Å². The van der Waals surface area contributed by atoms with Gasteiger partial charge in [0.05, 0.1) is 5.69 Å². The zero-order chi connectivity index (χ0) is 22.3. The number of aliphatic imine (C=N–C) groups is 1. The predicted octanol–water partition coefficient (Wildman–Crippen LogP) is 5.46. The van der Waals surface area contributed by atoms with E-state index in [1.165, 1.54) is 16.7 Å². The number of nitrogens with zero attached hydrogens (tertiary/aromatic N) is 3. The number of hydrogen-bond donors (Lipinski definition) is 1. The molecule has 2 N–H and O–H groups in total. The minimum atomic E-state index is 0.451. The van der Waals surface area contributed by atoms with E-state index in [-0.39, 0.29) is 0 Å². The van der Waals surface area contributed by atoms with Crippen molar-refractivity contribution in [1.82, 2.24) is 9.80 Å². The average Bonchev–Trinajstić information content (AvgIpc) is 2.82. The van der Waals surface area contributed by atoms with E-state index in [2.05, 4.69) is 70.4 Å². The highest BCUT2D eigenvalue weighted by molar-refractivity contribution is 6.30. The lowest BCUT2D eigenvalue weighted by Crippen LogP contribution is -2.43. The Morgan fingerprint density at radius 2 is 1.47 bits per heavy atom. The van der Waals surface area contributed by atoms with Crippen LogP contribution in [0.5, 0.6) is 0 Å². The van der Waals surface area contributed by atoms with Crippen LogP contribution in [0.1, 0.15) is 11.1 Å². The van der Waals surface area contributed by atoms with E-state index >= 15 is 0 Å². The zero-order valence-electron chi connectivity index (χ0n) is 18.4. The van der Waals surface area contributed by atoms with Gasteiger partial charge >= 0.3 is 0 Å². The molecule has 1 aliphatic heterocycles. The highest BCUT2D eigenvalue weighted by Gasteiger charge is 2.13.